The first-order valence-electron chi connectivity index (χ1n) is 8.02. The maximum Gasteiger partial charge on any atom is 0.147 e. The van der Waals surface area contributed by atoms with Gasteiger partial charge in [0.25, 0.3) is 0 Å². The molecule has 0 unspecified atom stereocenters. The summed E-state index contributed by atoms with van der Waals surface area (Å²) in [6.07, 6.45) is 4.56. The lowest BCUT2D eigenvalue weighted by atomic mass is 9.93. The largest absolute Gasteiger partial charge is 0.398 e. The number of rotatable bonds is 1. The van der Waals surface area contributed by atoms with Gasteiger partial charge in [-0.1, -0.05) is 18.2 Å². The van der Waals surface area contributed by atoms with Crippen LogP contribution in [0.1, 0.15) is 35.4 Å². The van der Waals surface area contributed by atoms with Crippen molar-refractivity contribution in [2.24, 2.45) is 0 Å². The molecule has 0 atom stereocenters. The summed E-state index contributed by atoms with van der Waals surface area (Å²) in [5.41, 5.74) is 14.6. The summed E-state index contributed by atoms with van der Waals surface area (Å²) >= 11 is 0. The number of hydrogen-bond acceptors (Lipinski definition) is 2. The monoisotopic (exact) mass is 291 g/mol. The van der Waals surface area contributed by atoms with E-state index in [1.807, 2.05) is 6.07 Å². The van der Waals surface area contributed by atoms with E-state index in [1.54, 1.807) is 0 Å². The van der Waals surface area contributed by atoms with Crippen molar-refractivity contribution < 1.29 is 0 Å². The van der Waals surface area contributed by atoms with Crippen LogP contribution in [0.3, 0.4) is 0 Å². The van der Waals surface area contributed by atoms with Crippen molar-refractivity contribution in [3.05, 3.63) is 52.8 Å². The molecule has 0 aliphatic heterocycles. The molecule has 0 saturated heterocycles. The van der Waals surface area contributed by atoms with Crippen LogP contribution in [0.25, 0.3) is 16.7 Å². The third-order valence-corrected chi connectivity index (χ3v) is 4.98. The molecule has 0 bridgehead atoms. The van der Waals surface area contributed by atoms with Crippen LogP contribution >= 0.6 is 0 Å². The quantitative estimate of drug-likeness (QED) is 0.733. The molecule has 0 spiro atoms. The lowest BCUT2D eigenvalue weighted by molar-refractivity contribution is 0.672. The van der Waals surface area contributed by atoms with Crippen LogP contribution in [0.4, 0.5) is 5.69 Å². The fourth-order valence-electron chi connectivity index (χ4n) is 3.69. The molecule has 1 aromatic carbocycles. The summed E-state index contributed by atoms with van der Waals surface area (Å²) in [5.74, 6) is 0. The molecule has 0 amide bonds. The molecule has 3 heteroatoms. The van der Waals surface area contributed by atoms with Crippen LogP contribution in [0.5, 0.6) is 0 Å². The van der Waals surface area contributed by atoms with Gasteiger partial charge >= 0.3 is 0 Å². The highest BCUT2D eigenvalue weighted by Gasteiger charge is 2.22. The Morgan fingerprint density at radius 3 is 2.55 bits per heavy atom. The smallest absolute Gasteiger partial charge is 0.147 e. The minimum absolute atomic E-state index is 0.954. The van der Waals surface area contributed by atoms with E-state index < -0.39 is 0 Å². The van der Waals surface area contributed by atoms with E-state index in [1.165, 1.54) is 35.4 Å². The first kappa shape index (κ1) is 13.4. The average molecular weight is 291 g/mol. The number of aryl methyl sites for hydroxylation is 2. The zero-order chi connectivity index (χ0) is 15.3. The summed E-state index contributed by atoms with van der Waals surface area (Å²) in [6.45, 7) is 4.31. The van der Waals surface area contributed by atoms with E-state index in [0.29, 0.717) is 0 Å². The van der Waals surface area contributed by atoms with Crippen LogP contribution in [0.15, 0.2) is 30.3 Å². The molecular weight excluding hydrogens is 270 g/mol. The molecule has 1 aliphatic carbocycles. The van der Waals surface area contributed by atoms with Crippen molar-refractivity contribution in [3.8, 4) is 5.69 Å². The summed E-state index contributed by atoms with van der Waals surface area (Å²) in [5, 5.41) is 1.14. The first-order chi connectivity index (χ1) is 10.7. The minimum atomic E-state index is 0.954. The fourth-order valence-corrected chi connectivity index (χ4v) is 3.69. The molecule has 22 heavy (non-hydrogen) atoms. The lowest BCUT2D eigenvalue weighted by Gasteiger charge is -2.18. The van der Waals surface area contributed by atoms with Gasteiger partial charge in [-0.15, -0.1) is 0 Å². The molecule has 3 aromatic rings. The fraction of sp³-hybridized carbons (Fsp3) is 0.316. The van der Waals surface area contributed by atoms with Gasteiger partial charge in [-0.05, 0) is 62.8 Å². The van der Waals surface area contributed by atoms with Gasteiger partial charge in [0.2, 0.25) is 0 Å². The lowest BCUT2D eigenvalue weighted by Crippen LogP contribution is -2.10. The molecule has 3 nitrogen and oxygen atoms in total. The van der Waals surface area contributed by atoms with Gasteiger partial charge in [0.15, 0.2) is 0 Å². The van der Waals surface area contributed by atoms with Gasteiger partial charge in [-0.3, -0.25) is 4.57 Å². The van der Waals surface area contributed by atoms with E-state index in [0.717, 1.165) is 35.2 Å². The second kappa shape index (κ2) is 4.87. The number of anilines is 1. The first-order valence-corrected chi connectivity index (χ1v) is 8.02. The topological polar surface area (TPSA) is 43.8 Å². The highest BCUT2D eigenvalue weighted by Crippen LogP contribution is 2.36. The second-order valence-electron chi connectivity index (χ2n) is 6.24. The van der Waals surface area contributed by atoms with E-state index in [2.05, 4.69) is 42.7 Å². The van der Waals surface area contributed by atoms with Crippen molar-refractivity contribution >= 4 is 16.7 Å². The molecule has 0 saturated carbocycles. The Hall–Kier alpha value is -2.29. The third kappa shape index (κ3) is 1.78. The zero-order valence-electron chi connectivity index (χ0n) is 13.2. The standard InChI is InChI=1S/C19H21N3/c1-12-13(2)22(14-8-4-3-5-9-14)19-17(12)18(20)15-10-6-7-11-16(15)21-19/h3-5,8-9H,6-7,10-11H2,1-2H3,(H2,20,21). The van der Waals surface area contributed by atoms with Gasteiger partial charge in [0.1, 0.15) is 5.65 Å². The normalized spacial score (nSPS) is 14.3. The molecule has 4 rings (SSSR count). The number of para-hydroxylation sites is 1. The van der Waals surface area contributed by atoms with Crippen LogP contribution in [0.2, 0.25) is 0 Å². The molecule has 2 aromatic heterocycles. The highest BCUT2D eigenvalue weighted by atomic mass is 15.1. The molecular formula is C19H21N3. The number of aromatic nitrogens is 2. The van der Waals surface area contributed by atoms with Gasteiger partial charge < -0.3 is 5.73 Å². The predicted molar refractivity (Wildman–Crippen MR) is 91.6 cm³/mol. The third-order valence-electron chi connectivity index (χ3n) is 4.98. The molecule has 0 fully saturated rings. The Balaban J connectivity index is 2.10. The van der Waals surface area contributed by atoms with Crippen molar-refractivity contribution in [1.29, 1.82) is 0 Å². The number of nitrogens with zero attached hydrogens (tertiary/aromatic N) is 2. The van der Waals surface area contributed by atoms with Crippen LogP contribution < -0.4 is 5.73 Å². The predicted octanol–water partition coefficient (Wildman–Crippen LogP) is 4.10. The Labute approximate surface area is 130 Å². The summed E-state index contributed by atoms with van der Waals surface area (Å²) in [7, 11) is 0. The summed E-state index contributed by atoms with van der Waals surface area (Å²) in [4.78, 5) is 5.02. The summed E-state index contributed by atoms with van der Waals surface area (Å²) < 4.78 is 2.25. The van der Waals surface area contributed by atoms with Crippen molar-refractivity contribution in [2.45, 2.75) is 39.5 Å². The van der Waals surface area contributed by atoms with Crippen LogP contribution in [-0.4, -0.2) is 9.55 Å². The van der Waals surface area contributed by atoms with Gasteiger partial charge in [0.05, 0.1) is 0 Å². The molecule has 0 radical (unpaired) electrons. The molecule has 2 N–H and O–H groups in total. The van der Waals surface area contributed by atoms with Crippen molar-refractivity contribution in [3.63, 3.8) is 0 Å². The molecule has 112 valence electrons. The van der Waals surface area contributed by atoms with E-state index in [4.69, 9.17) is 10.7 Å². The SMILES string of the molecule is Cc1c(C)n(-c2ccccc2)c2nc3c(c(N)c12)CCCC3. The average Bonchev–Trinajstić information content (AvgIpc) is 2.80. The number of benzene rings is 1. The Kier molecular flexibility index (Phi) is 2.96. The number of pyridine rings is 1. The number of nitrogens with two attached hydrogens (primary N) is 1. The minimum Gasteiger partial charge on any atom is -0.398 e. The Bertz CT molecular complexity index is 860. The van der Waals surface area contributed by atoms with E-state index >= 15 is 0 Å². The van der Waals surface area contributed by atoms with Crippen molar-refractivity contribution in [2.75, 3.05) is 5.73 Å². The van der Waals surface area contributed by atoms with Gasteiger partial charge in [0, 0.05) is 28.1 Å². The highest BCUT2D eigenvalue weighted by molar-refractivity contribution is 5.96. The Morgan fingerprint density at radius 1 is 1.05 bits per heavy atom. The second-order valence-corrected chi connectivity index (χ2v) is 6.24. The maximum atomic E-state index is 6.55. The summed E-state index contributed by atoms with van der Waals surface area (Å²) in [6, 6.07) is 10.4. The Morgan fingerprint density at radius 2 is 1.77 bits per heavy atom. The van der Waals surface area contributed by atoms with Crippen LogP contribution in [0, 0.1) is 13.8 Å². The van der Waals surface area contributed by atoms with Crippen molar-refractivity contribution in [1.82, 2.24) is 9.55 Å². The number of fused-ring (bicyclic) bond motifs is 2. The van der Waals surface area contributed by atoms with E-state index in [9.17, 15) is 0 Å². The van der Waals surface area contributed by atoms with E-state index in [-0.39, 0.29) is 0 Å². The van der Waals surface area contributed by atoms with Gasteiger partial charge in [-0.2, -0.15) is 0 Å². The maximum absolute atomic E-state index is 6.55. The molecule has 2 heterocycles. The number of nitrogen functional groups attached to an aromatic ring is 1. The number of hydrogen-bond donors (Lipinski definition) is 1. The van der Waals surface area contributed by atoms with Gasteiger partial charge in [-0.25, -0.2) is 4.98 Å². The molecule has 1 aliphatic rings. The van der Waals surface area contributed by atoms with Crippen LogP contribution in [-0.2, 0) is 12.8 Å². The zero-order valence-corrected chi connectivity index (χ0v) is 13.2.